The molecule has 1 aromatic carbocycles. The molecule has 1 aromatic rings. The molecule has 76 heavy (non-hydrogen) atoms. The van der Waals surface area contributed by atoms with Gasteiger partial charge in [-0.15, -0.1) is 5.92 Å². The quantitative estimate of drug-likeness (QED) is 0.0743. The van der Waals surface area contributed by atoms with Crippen LogP contribution in [0.5, 0.6) is 0 Å². The largest absolute Gasteiger partial charge is 0.508 e. The minimum atomic E-state index is -1.02. The van der Waals surface area contributed by atoms with Crippen molar-refractivity contribution < 1.29 is 53.4 Å². The Morgan fingerprint density at radius 3 is 2.45 bits per heavy atom. The molecule has 1 amide bonds. The normalized spacial score (nSPS) is 37.8. The zero-order valence-corrected chi connectivity index (χ0v) is 47.2. The van der Waals surface area contributed by atoms with Crippen molar-refractivity contribution in [3.05, 3.63) is 52.6 Å². The molecule has 7 fully saturated rings. The lowest BCUT2D eigenvalue weighted by Gasteiger charge is -2.64. The molecule has 418 valence electrons. The number of aliphatic carboxylic acids is 1. The first kappa shape index (κ1) is 56.3. The number of allylic oxidation sites excluding steroid dienone is 4. The van der Waals surface area contributed by atoms with E-state index in [-0.39, 0.29) is 77.9 Å². The van der Waals surface area contributed by atoms with Crippen molar-refractivity contribution in [1.82, 2.24) is 5.32 Å². The van der Waals surface area contributed by atoms with E-state index in [1.54, 1.807) is 20.8 Å². The average molecular weight is 1050 g/mol. The number of alkyl carbamates (subject to hydrolysis) is 1. The van der Waals surface area contributed by atoms with Gasteiger partial charge in [-0.3, -0.25) is 9.59 Å². The fourth-order valence-corrected chi connectivity index (χ4v) is 17.6. The second-order valence-corrected chi connectivity index (χ2v) is 26.5. The number of nitrogens with zero attached hydrogens (tertiary/aromatic N) is 1. The molecule has 0 spiro atoms. The fraction of sp³-hybridized carbons (Fsp3) is 0.746. The lowest BCUT2D eigenvalue weighted by atomic mass is 9.43. The molecule has 8 aliphatic carbocycles. The zero-order chi connectivity index (χ0) is 54.5. The number of hydrogen-bond acceptors (Lipinski definition) is 11. The Hall–Kier alpha value is -4.38. The van der Waals surface area contributed by atoms with E-state index in [9.17, 15) is 34.5 Å². The van der Waals surface area contributed by atoms with Crippen LogP contribution in [0.15, 0.2) is 47.1 Å². The number of carbonyl (C=O) groups is 4. The highest BCUT2D eigenvalue weighted by Crippen LogP contribution is 2.70. The first-order valence-electron chi connectivity index (χ1n) is 29.2. The second-order valence-electron chi connectivity index (χ2n) is 26.5. The number of amides is 1. The van der Waals surface area contributed by atoms with Crippen LogP contribution in [0.1, 0.15) is 176 Å². The first-order chi connectivity index (χ1) is 36.0. The van der Waals surface area contributed by atoms with Crippen LogP contribution in [-0.4, -0.2) is 102 Å². The molecule has 9 rings (SSSR count). The molecule has 0 aliphatic heterocycles. The van der Waals surface area contributed by atoms with Gasteiger partial charge in [0.2, 0.25) is 0 Å². The van der Waals surface area contributed by atoms with Gasteiger partial charge in [0.25, 0.3) is 0 Å². The number of hydrogen-bond donors (Lipinski definition) is 4. The van der Waals surface area contributed by atoms with Crippen molar-refractivity contribution in [3.8, 4) is 11.8 Å². The van der Waals surface area contributed by atoms with Crippen LogP contribution < -0.4 is 10.2 Å². The average Bonchev–Trinajstić information content (AvgIpc) is 3.96. The lowest BCUT2D eigenvalue weighted by molar-refractivity contribution is -0.211. The molecule has 0 bridgehead atoms. The second kappa shape index (κ2) is 22.0. The van der Waals surface area contributed by atoms with Crippen LogP contribution in [0.3, 0.4) is 0 Å². The van der Waals surface area contributed by atoms with Gasteiger partial charge in [0.05, 0.1) is 25.4 Å². The van der Waals surface area contributed by atoms with Crippen molar-refractivity contribution >= 4 is 29.7 Å². The molecular formula is C63H90N2O11. The van der Waals surface area contributed by atoms with E-state index in [1.807, 2.05) is 6.92 Å². The molecule has 16 atom stereocenters. The van der Waals surface area contributed by atoms with Gasteiger partial charge >= 0.3 is 18.2 Å². The van der Waals surface area contributed by atoms with Gasteiger partial charge in [-0.1, -0.05) is 57.4 Å². The molecule has 8 aliphatic rings. The van der Waals surface area contributed by atoms with Gasteiger partial charge < -0.3 is 44.5 Å². The summed E-state index contributed by atoms with van der Waals surface area (Å²) < 4.78 is 24.2. The van der Waals surface area contributed by atoms with Gasteiger partial charge in [-0.25, -0.2) is 9.59 Å². The Morgan fingerprint density at radius 2 is 1.72 bits per heavy atom. The molecule has 0 radical (unpaired) electrons. The Labute approximate surface area is 453 Å². The molecular weight excluding hydrogens is 961 g/mol. The Balaban J connectivity index is 0.859. The van der Waals surface area contributed by atoms with E-state index in [0.717, 1.165) is 63.5 Å². The SMILES string of the molecule is CC#C[C@]1(O)CCC2C3CC=C4CC(=O)CCC4=C3[C@@H](c3ccc(N(C)CCO[C@H]4CC[C@@]5(C)[C@@H](C4)C[C@@H](OC(=O)OCCCNC(=O)OC(C)(C)C)[C@@H]4[C@@H]5C[C@H](O)[C@]5(C)[C@@H]([C@H](C)CCC(=O)O)CC[C@@H]45)cc3)C[C@@]21C. The monoisotopic (exact) mass is 1050 g/mol. The lowest BCUT2D eigenvalue weighted by Crippen LogP contribution is -2.63. The number of fused-ring (bicyclic) bond motifs is 9. The Bertz CT molecular complexity index is 2470. The summed E-state index contributed by atoms with van der Waals surface area (Å²) in [5.74, 6) is 7.45. The predicted molar refractivity (Wildman–Crippen MR) is 291 cm³/mol. The van der Waals surface area contributed by atoms with E-state index < -0.39 is 47.0 Å². The van der Waals surface area contributed by atoms with Crippen LogP contribution in [0.25, 0.3) is 0 Å². The minimum Gasteiger partial charge on any atom is -0.481 e. The molecule has 2 unspecified atom stereocenters. The molecule has 4 N–H and O–H groups in total. The number of aliphatic hydroxyl groups excluding tert-OH is 1. The van der Waals surface area contributed by atoms with Gasteiger partial charge in [0, 0.05) is 62.3 Å². The van der Waals surface area contributed by atoms with E-state index >= 15 is 0 Å². The number of likely N-dealkylation sites (N-methyl/N-ethyl adjacent to an activating group) is 1. The number of ketones is 1. The van der Waals surface area contributed by atoms with Crippen molar-refractivity contribution in [2.24, 2.45) is 63.6 Å². The smallest absolute Gasteiger partial charge is 0.481 e. The van der Waals surface area contributed by atoms with Gasteiger partial charge in [-0.05, 0) is 199 Å². The number of ether oxygens (including phenoxy) is 4. The molecule has 0 saturated heterocycles. The van der Waals surface area contributed by atoms with Gasteiger partial charge in [0.1, 0.15) is 23.1 Å². The third kappa shape index (κ3) is 10.8. The number of anilines is 1. The molecule has 7 saturated carbocycles. The molecule has 13 nitrogen and oxygen atoms in total. The number of Topliss-reactive ketones (excluding diaryl/α,β-unsaturated/α-hetero) is 1. The highest BCUT2D eigenvalue weighted by atomic mass is 16.7. The third-order valence-electron chi connectivity index (χ3n) is 21.5. The molecule has 0 heterocycles. The predicted octanol–water partition coefficient (Wildman–Crippen LogP) is 11.3. The Morgan fingerprint density at radius 1 is 0.961 bits per heavy atom. The number of benzene rings is 1. The molecule has 13 heteroatoms. The summed E-state index contributed by atoms with van der Waals surface area (Å²) in [6.07, 6.45) is 12.4. The van der Waals surface area contributed by atoms with Crippen molar-refractivity contribution in [2.45, 2.75) is 200 Å². The van der Waals surface area contributed by atoms with Gasteiger partial charge in [-0.2, -0.15) is 0 Å². The van der Waals surface area contributed by atoms with Crippen LogP contribution in [0.4, 0.5) is 15.3 Å². The zero-order valence-electron chi connectivity index (χ0n) is 47.2. The number of carboxylic acid groups (broad SMARTS) is 1. The van der Waals surface area contributed by atoms with Crippen LogP contribution >= 0.6 is 0 Å². The first-order valence-corrected chi connectivity index (χ1v) is 29.2. The number of nitrogens with one attached hydrogen (secondary N) is 1. The fourth-order valence-electron chi connectivity index (χ4n) is 17.6. The minimum absolute atomic E-state index is 0.0262. The van der Waals surface area contributed by atoms with Gasteiger partial charge in [0.15, 0.2) is 0 Å². The topological polar surface area (TPSA) is 181 Å². The van der Waals surface area contributed by atoms with Crippen molar-refractivity contribution in [3.63, 3.8) is 0 Å². The van der Waals surface area contributed by atoms with Crippen molar-refractivity contribution in [1.29, 1.82) is 0 Å². The standard InChI is InChI=1S/C63H90N2O11/c1-10-26-63(72)28-25-49-46-19-15-40-33-43(66)18-20-45(40)55(46)47(37-61(49,63)7)39-13-16-42(17-14-39)65(9)30-32-73-44-24-27-60(6)41(34-44)35-52(75-58(71)74-31-11-29-64-57(70)76-59(3,4)5)56-50-22-21-48(38(2)12-23-54(68)69)62(50,8)53(67)36-51(56)60/h13-17,38,41,44,46-53,56,67,72H,11-12,18-25,27-37H2,1-9H3,(H,64,70)(H,68,69)/t38-,41+,44+,46?,47-,48-,49?,50+,51+,52-,53+,56+,60+,61+,62-,63+/m1/s1. The van der Waals surface area contributed by atoms with E-state index in [2.05, 4.69) is 87.1 Å². The summed E-state index contributed by atoms with van der Waals surface area (Å²) in [5.41, 5.74) is 4.00. The van der Waals surface area contributed by atoms with E-state index in [0.29, 0.717) is 75.7 Å². The summed E-state index contributed by atoms with van der Waals surface area (Å²) in [6.45, 7) is 17.9. The summed E-state index contributed by atoms with van der Waals surface area (Å²) in [6, 6.07) is 9.02. The van der Waals surface area contributed by atoms with E-state index in [1.165, 1.54) is 22.3 Å². The number of carbonyl (C=O) groups excluding carboxylic acids is 3. The highest BCUT2D eigenvalue weighted by Gasteiger charge is 2.67. The summed E-state index contributed by atoms with van der Waals surface area (Å²) in [4.78, 5) is 52.4. The summed E-state index contributed by atoms with van der Waals surface area (Å²) in [7, 11) is 2.12. The van der Waals surface area contributed by atoms with E-state index in [4.69, 9.17) is 18.9 Å². The Kier molecular flexibility index (Phi) is 16.3. The van der Waals surface area contributed by atoms with Crippen LogP contribution in [-0.2, 0) is 28.5 Å². The number of rotatable bonds is 15. The van der Waals surface area contributed by atoms with Crippen molar-refractivity contribution in [2.75, 3.05) is 38.3 Å². The number of aliphatic hydroxyl groups is 2. The molecule has 0 aromatic heterocycles. The maximum absolute atomic E-state index is 13.6. The van der Waals surface area contributed by atoms with Crippen LogP contribution in [0.2, 0.25) is 0 Å². The van der Waals surface area contributed by atoms with Crippen LogP contribution in [0, 0.1) is 75.4 Å². The maximum Gasteiger partial charge on any atom is 0.508 e. The third-order valence-corrected chi connectivity index (χ3v) is 21.5. The summed E-state index contributed by atoms with van der Waals surface area (Å²) >= 11 is 0. The highest BCUT2D eigenvalue weighted by molar-refractivity contribution is 5.85. The number of carboxylic acids is 1. The maximum atomic E-state index is 13.6. The summed E-state index contributed by atoms with van der Waals surface area (Å²) in [5, 5.41) is 36.8.